The fourth-order valence-electron chi connectivity index (χ4n) is 1.47. The van der Waals surface area contributed by atoms with E-state index in [9.17, 15) is 4.79 Å². The standard InChI is InChI=1S/C13H24O2/c1-12(2)10-8-6-4-3-5-7-9-11-13(14)15/h7,9,12H,3-6,8,10-11H2,1-2H3,(H,14,15)/b9-7+. The summed E-state index contributed by atoms with van der Waals surface area (Å²) in [6.07, 6.45) is 11.3. The van der Waals surface area contributed by atoms with Gasteiger partial charge in [-0.05, 0) is 18.8 Å². The van der Waals surface area contributed by atoms with Gasteiger partial charge in [-0.2, -0.15) is 0 Å². The van der Waals surface area contributed by atoms with Gasteiger partial charge < -0.3 is 5.11 Å². The van der Waals surface area contributed by atoms with Crippen LogP contribution in [-0.4, -0.2) is 11.1 Å². The Labute approximate surface area is 93.4 Å². The van der Waals surface area contributed by atoms with Gasteiger partial charge in [-0.15, -0.1) is 0 Å². The van der Waals surface area contributed by atoms with Gasteiger partial charge in [-0.1, -0.05) is 51.7 Å². The van der Waals surface area contributed by atoms with Crippen molar-refractivity contribution in [2.24, 2.45) is 5.92 Å². The molecule has 0 saturated carbocycles. The van der Waals surface area contributed by atoms with Crippen molar-refractivity contribution in [2.75, 3.05) is 0 Å². The first-order valence-electron chi connectivity index (χ1n) is 5.99. The van der Waals surface area contributed by atoms with Crippen molar-refractivity contribution in [1.29, 1.82) is 0 Å². The predicted octanol–water partition coefficient (Wildman–Crippen LogP) is 4.01. The van der Waals surface area contributed by atoms with Crippen LogP contribution in [0, 0.1) is 5.92 Å². The highest BCUT2D eigenvalue weighted by Crippen LogP contribution is 2.10. The molecule has 0 spiro atoms. The first-order valence-corrected chi connectivity index (χ1v) is 5.99. The molecule has 0 fully saturated rings. The quantitative estimate of drug-likeness (QED) is 0.463. The maximum absolute atomic E-state index is 10.2. The number of carboxylic acids is 1. The Morgan fingerprint density at radius 3 is 2.40 bits per heavy atom. The van der Waals surface area contributed by atoms with Crippen LogP contribution in [-0.2, 0) is 4.79 Å². The van der Waals surface area contributed by atoms with Gasteiger partial charge in [0.1, 0.15) is 0 Å². The summed E-state index contributed by atoms with van der Waals surface area (Å²) >= 11 is 0. The number of hydrogen-bond donors (Lipinski definition) is 1. The Bertz CT molecular complexity index is 183. The molecule has 0 heterocycles. The second-order valence-corrected chi connectivity index (χ2v) is 4.45. The number of carbonyl (C=O) groups is 1. The summed E-state index contributed by atoms with van der Waals surface area (Å²) in [5.41, 5.74) is 0. The van der Waals surface area contributed by atoms with E-state index in [1.165, 1.54) is 32.1 Å². The van der Waals surface area contributed by atoms with Gasteiger partial charge in [0.25, 0.3) is 0 Å². The van der Waals surface area contributed by atoms with Crippen LogP contribution < -0.4 is 0 Å². The van der Waals surface area contributed by atoms with Crippen LogP contribution in [0.15, 0.2) is 12.2 Å². The van der Waals surface area contributed by atoms with Crippen LogP contribution in [0.2, 0.25) is 0 Å². The van der Waals surface area contributed by atoms with E-state index >= 15 is 0 Å². The summed E-state index contributed by atoms with van der Waals surface area (Å²) in [6.45, 7) is 4.52. The summed E-state index contributed by atoms with van der Waals surface area (Å²) in [7, 11) is 0. The van der Waals surface area contributed by atoms with Gasteiger partial charge in [-0.3, -0.25) is 4.79 Å². The minimum Gasteiger partial charge on any atom is -0.481 e. The monoisotopic (exact) mass is 212 g/mol. The largest absolute Gasteiger partial charge is 0.481 e. The van der Waals surface area contributed by atoms with Crippen LogP contribution in [0.3, 0.4) is 0 Å². The zero-order valence-electron chi connectivity index (χ0n) is 10.0. The lowest BCUT2D eigenvalue weighted by molar-refractivity contribution is -0.136. The lowest BCUT2D eigenvalue weighted by Gasteiger charge is -2.02. The molecule has 0 aliphatic rings. The number of carboxylic acid groups (broad SMARTS) is 1. The molecule has 0 amide bonds. The Hall–Kier alpha value is -0.790. The van der Waals surface area contributed by atoms with Gasteiger partial charge in [-0.25, -0.2) is 0 Å². The topological polar surface area (TPSA) is 37.3 Å². The molecule has 0 aromatic rings. The molecule has 15 heavy (non-hydrogen) atoms. The molecule has 2 nitrogen and oxygen atoms in total. The van der Waals surface area contributed by atoms with Crippen LogP contribution in [0.5, 0.6) is 0 Å². The molecular weight excluding hydrogens is 188 g/mol. The first kappa shape index (κ1) is 14.2. The second-order valence-electron chi connectivity index (χ2n) is 4.45. The van der Waals surface area contributed by atoms with E-state index in [-0.39, 0.29) is 6.42 Å². The molecule has 0 rings (SSSR count). The summed E-state index contributed by atoms with van der Waals surface area (Å²) in [6, 6.07) is 0. The van der Waals surface area contributed by atoms with E-state index in [1.807, 2.05) is 6.08 Å². The lowest BCUT2D eigenvalue weighted by Crippen LogP contribution is -1.89. The Kier molecular flexibility index (Phi) is 9.24. The van der Waals surface area contributed by atoms with Gasteiger partial charge in [0, 0.05) is 0 Å². The number of unbranched alkanes of at least 4 members (excludes halogenated alkanes) is 4. The highest BCUT2D eigenvalue weighted by molar-refractivity contribution is 5.68. The molecule has 1 N–H and O–H groups in total. The molecular formula is C13H24O2. The van der Waals surface area contributed by atoms with E-state index in [2.05, 4.69) is 13.8 Å². The van der Waals surface area contributed by atoms with Gasteiger partial charge in [0.15, 0.2) is 0 Å². The number of hydrogen-bond acceptors (Lipinski definition) is 1. The predicted molar refractivity (Wildman–Crippen MR) is 63.9 cm³/mol. The molecule has 0 aromatic heterocycles. The average molecular weight is 212 g/mol. The SMILES string of the molecule is CC(C)CCCCCC/C=C/CC(=O)O. The summed E-state index contributed by atoms with van der Waals surface area (Å²) in [5.74, 6) is 0.0728. The van der Waals surface area contributed by atoms with Crippen molar-refractivity contribution in [3.8, 4) is 0 Å². The van der Waals surface area contributed by atoms with Gasteiger partial charge in [0.2, 0.25) is 0 Å². The van der Waals surface area contributed by atoms with E-state index in [0.717, 1.165) is 12.3 Å². The fraction of sp³-hybridized carbons (Fsp3) is 0.769. The van der Waals surface area contributed by atoms with Gasteiger partial charge >= 0.3 is 5.97 Å². The van der Waals surface area contributed by atoms with Crippen molar-refractivity contribution in [3.05, 3.63) is 12.2 Å². The van der Waals surface area contributed by atoms with Crippen molar-refractivity contribution < 1.29 is 9.90 Å². The van der Waals surface area contributed by atoms with Crippen molar-refractivity contribution in [1.82, 2.24) is 0 Å². The zero-order chi connectivity index (χ0) is 11.5. The second kappa shape index (κ2) is 9.75. The summed E-state index contributed by atoms with van der Waals surface area (Å²) in [4.78, 5) is 10.2. The summed E-state index contributed by atoms with van der Waals surface area (Å²) < 4.78 is 0. The maximum Gasteiger partial charge on any atom is 0.307 e. The molecule has 0 aliphatic heterocycles. The third-order valence-corrected chi connectivity index (χ3v) is 2.36. The third kappa shape index (κ3) is 13.2. The van der Waals surface area contributed by atoms with E-state index in [4.69, 9.17) is 5.11 Å². The smallest absolute Gasteiger partial charge is 0.307 e. The number of allylic oxidation sites excluding steroid dienone is 1. The molecule has 0 bridgehead atoms. The van der Waals surface area contributed by atoms with Crippen LogP contribution in [0.1, 0.15) is 58.8 Å². The molecule has 88 valence electrons. The third-order valence-electron chi connectivity index (χ3n) is 2.36. The zero-order valence-corrected chi connectivity index (χ0v) is 10.0. The fourth-order valence-corrected chi connectivity index (χ4v) is 1.47. The lowest BCUT2D eigenvalue weighted by atomic mass is 10.0. The molecule has 0 radical (unpaired) electrons. The molecule has 0 unspecified atom stereocenters. The maximum atomic E-state index is 10.2. The normalized spacial score (nSPS) is 11.4. The Morgan fingerprint density at radius 1 is 1.13 bits per heavy atom. The van der Waals surface area contributed by atoms with E-state index in [0.29, 0.717) is 0 Å². The Morgan fingerprint density at radius 2 is 1.80 bits per heavy atom. The molecule has 0 saturated heterocycles. The molecule has 0 aliphatic carbocycles. The van der Waals surface area contributed by atoms with Crippen molar-refractivity contribution in [3.63, 3.8) is 0 Å². The minimum absolute atomic E-state index is 0.160. The average Bonchev–Trinajstić information content (AvgIpc) is 2.14. The van der Waals surface area contributed by atoms with Crippen molar-refractivity contribution >= 4 is 5.97 Å². The van der Waals surface area contributed by atoms with Crippen molar-refractivity contribution in [2.45, 2.75) is 58.8 Å². The van der Waals surface area contributed by atoms with Crippen LogP contribution in [0.4, 0.5) is 0 Å². The van der Waals surface area contributed by atoms with Crippen LogP contribution >= 0.6 is 0 Å². The highest BCUT2D eigenvalue weighted by atomic mass is 16.4. The molecule has 0 atom stereocenters. The van der Waals surface area contributed by atoms with E-state index in [1.54, 1.807) is 6.08 Å². The highest BCUT2D eigenvalue weighted by Gasteiger charge is 1.94. The number of rotatable bonds is 9. The van der Waals surface area contributed by atoms with E-state index < -0.39 is 5.97 Å². The Balaban J connectivity index is 3.11. The van der Waals surface area contributed by atoms with Crippen LogP contribution in [0.25, 0.3) is 0 Å². The summed E-state index contributed by atoms with van der Waals surface area (Å²) in [5, 5.41) is 8.39. The molecule has 0 aromatic carbocycles. The van der Waals surface area contributed by atoms with Gasteiger partial charge in [0.05, 0.1) is 6.42 Å². The minimum atomic E-state index is -0.747. The number of aliphatic carboxylic acids is 1. The molecule has 2 heteroatoms. The first-order chi connectivity index (χ1) is 7.13.